The molecule has 1 saturated heterocycles. The minimum Gasteiger partial charge on any atom is -0.309 e. The molecule has 6 heteroatoms. The number of aromatic nitrogens is 4. The molecule has 0 radical (unpaired) electrons. The van der Waals surface area contributed by atoms with Gasteiger partial charge in [-0.05, 0) is 89.4 Å². The third-order valence-corrected chi connectivity index (χ3v) is 5.90. The van der Waals surface area contributed by atoms with Crippen molar-refractivity contribution in [2.24, 2.45) is 0 Å². The van der Waals surface area contributed by atoms with Gasteiger partial charge in [0, 0.05) is 18.9 Å². The highest BCUT2D eigenvalue weighted by Gasteiger charge is 2.17. The summed E-state index contributed by atoms with van der Waals surface area (Å²) in [4.78, 5) is 4.62. The van der Waals surface area contributed by atoms with Crippen LogP contribution in [0.3, 0.4) is 0 Å². The van der Waals surface area contributed by atoms with E-state index in [1.807, 2.05) is 30.9 Å². The van der Waals surface area contributed by atoms with E-state index in [4.69, 9.17) is 0 Å². The quantitative estimate of drug-likeness (QED) is 0.551. The highest BCUT2D eigenvalue weighted by molar-refractivity contribution is 5.09. The summed E-state index contributed by atoms with van der Waals surface area (Å²) in [5.74, 6) is 1.17. The van der Waals surface area contributed by atoms with Gasteiger partial charge in [-0.3, -0.25) is 9.36 Å². The first-order valence-electron chi connectivity index (χ1n) is 12.7. The number of rotatable bonds is 7. The molecule has 3 rings (SSSR count). The van der Waals surface area contributed by atoms with Crippen LogP contribution in [0.2, 0.25) is 0 Å². The van der Waals surface area contributed by atoms with Gasteiger partial charge in [0.05, 0.1) is 18.4 Å². The maximum absolute atomic E-state index is 4.53. The number of likely N-dealkylation sites (tertiary alicyclic amines) is 1. The van der Waals surface area contributed by atoms with Gasteiger partial charge in [-0.1, -0.05) is 41.5 Å². The predicted octanol–water partition coefficient (Wildman–Crippen LogP) is 5.65. The minimum atomic E-state index is 0.581. The zero-order valence-electron chi connectivity index (χ0n) is 22.4. The van der Waals surface area contributed by atoms with Crippen molar-refractivity contribution >= 4 is 0 Å². The fourth-order valence-corrected chi connectivity index (χ4v) is 3.69. The lowest BCUT2D eigenvalue weighted by atomic mass is 10.1. The van der Waals surface area contributed by atoms with E-state index in [0.29, 0.717) is 17.9 Å². The first-order chi connectivity index (χ1) is 15.3. The van der Waals surface area contributed by atoms with E-state index in [9.17, 15) is 0 Å². The molecule has 1 aliphatic heterocycles. The van der Waals surface area contributed by atoms with Crippen molar-refractivity contribution in [3.8, 4) is 0 Å². The Balaban J connectivity index is 0.000000300. The molecular weight excluding hydrogens is 396 g/mol. The first kappa shape index (κ1) is 28.4. The summed E-state index contributed by atoms with van der Waals surface area (Å²) in [6, 6.07) is 0.609. The van der Waals surface area contributed by atoms with E-state index >= 15 is 0 Å². The van der Waals surface area contributed by atoms with Crippen LogP contribution in [0.15, 0.2) is 24.8 Å². The zero-order valence-corrected chi connectivity index (χ0v) is 22.4. The van der Waals surface area contributed by atoms with E-state index in [1.165, 1.54) is 43.5 Å². The Bertz CT molecular complexity index is 715. The van der Waals surface area contributed by atoms with Gasteiger partial charge in [-0.15, -0.1) is 0 Å². The van der Waals surface area contributed by atoms with Crippen LogP contribution in [0.4, 0.5) is 0 Å². The second-order valence-electron chi connectivity index (χ2n) is 9.64. The first-order valence-corrected chi connectivity index (χ1v) is 12.7. The van der Waals surface area contributed by atoms with E-state index in [0.717, 1.165) is 19.5 Å². The Hall–Kier alpha value is -1.66. The lowest BCUT2D eigenvalue weighted by Gasteiger charge is -2.15. The van der Waals surface area contributed by atoms with Gasteiger partial charge in [-0.25, -0.2) is 0 Å². The smallest absolute Gasteiger partial charge is 0.0532 e. The third kappa shape index (κ3) is 10.3. The van der Waals surface area contributed by atoms with E-state index in [2.05, 4.69) is 85.9 Å². The van der Waals surface area contributed by atoms with Gasteiger partial charge in [0.25, 0.3) is 0 Å². The van der Waals surface area contributed by atoms with Crippen molar-refractivity contribution in [3.05, 3.63) is 35.9 Å². The van der Waals surface area contributed by atoms with Crippen LogP contribution in [0.1, 0.15) is 96.2 Å². The van der Waals surface area contributed by atoms with Crippen LogP contribution in [-0.4, -0.2) is 70.1 Å². The molecule has 2 aromatic rings. The van der Waals surface area contributed by atoms with Crippen LogP contribution in [-0.2, 0) is 6.54 Å². The molecule has 2 aromatic heterocycles. The third-order valence-electron chi connectivity index (χ3n) is 5.90. The van der Waals surface area contributed by atoms with Crippen LogP contribution in [0.25, 0.3) is 0 Å². The molecule has 0 spiro atoms. The van der Waals surface area contributed by atoms with Gasteiger partial charge in [-0.2, -0.15) is 10.2 Å². The van der Waals surface area contributed by atoms with E-state index < -0.39 is 0 Å². The Kier molecular flexibility index (Phi) is 13.5. The van der Waals surface area contributed by atoms with Crippen molar-refractivity contribution in [2.75, 3.05) is 40.8 Å². The Labute approximate surface area is 198 Å². The molecule has 3 heterocycles. The highest BCUT2D eigenvalue weighted by atomic mass is 15.3. The van der Waals surface area contributed by atoms with Crippen LogP contribution in [0, 0.1) is 0 Å². The highest BCUT2D eigenvalue weighted by Crippen LogP contribution is 2.23. The van der Waals surface area contributed by atoms with E-state index in [-0.39, 0.29) is 0 Å². The van der Waals surface area contributed by atoms with Crippen LogP contribution in [0.5, 0.6) is 0 Å². The normalized spacial score (nSPS) is 17.1. The van der Waals surface area contributed by atoms with Gasteiger partial charge < -0.3 is 9.80 Å². The Morgan fingerprint density at radius 2 is 1.56 bits per heavy atom. The van der Waals surface area contributed by atoms with Crippen molar-refractivity contribution < 1.29 is 0 Å². The molecule has 0 N–H and O–H groups in total. The molecule has 0 saturated carbocycles. The molecule has 0 aromatic carbocycles. The summed E-state index contributed by atoms with van der Waals surface area (Å²) in [6.45, 7) is 17.4. The summed E-state index contributed by atoms with van der Waals surface area (Å²) < 4.78 is 4.23. The lowest BCUT2D eigenvalue weighted by molar-refractivity contribution is 0.337. The van der Waals surface area contributed by atoms with Crippen molar-refractivity contribution in [1.29, 1.82) is 0 Å². The van der Waals surface area contributed by atoms with Crippen LogP contribution >= 0.6 is 0 Å². The summed E-state index contributed by atoms with van der Waals surface area (Å²) in [7, 11) is 6.41. The van der Waals surface area contributed by atoms with Crippen LogP contribution < -0.4 is 0 Å². The second kappa shape index (κ2) is 15.2. The van der Waals surface area contributed by atoms with Gasteiger partial charge in [0.15, 0.2) is 0 Å². The summed E-state index contributed by atoms with van der Waals surface area (Å²) in [5.41, 5.74) is 2.69. The summed E-state index contributed by atoms with van der Waals surface area (Å²) in [6.07, 6.45) is 13.3. The largest absolute Gasteiger partial charge is 0.309 e. The molecule has 1 atom stereocenters. The molecular formula is C26H50N6. The second-order valence-corrected chi connectivity index (χ2v) is 9.64. The maximum Gasteiger partial charge on any atom is 0.0532 e. The topological polar surface area (TPSA) is 42.1 Å². The number of aryl methyl sites for hydroxylation is 1. The molecule has 184 valence electrons. The molecule has 32 heavy (non-hydrogen) atoms. The fourth-order valence-electron chi connectivity index (χ4n) is 3.69. The van der Waals surface area contributed by atoms with Crippen molar-refractivity contribution in [1.82, 2.24) is 29.4 Å². The maximum atomic E-state index is 4.53. The monoisotopic (exact) mass is 446 g/mol. The number of nitrogens with zero attached hydrogens (tertiary/aromatic N) is 6. The number of hydrogen-bond donors (Lipinski definition) is 0. The summed E-state index contributed by atoms with van der Waals surface area (Å²) >= 11 is 0. The molecule has 0 amide bonds. The zero-order chi connectivity index (χ0) is 24.1. The average molecular weight is 447 g/mol. The fraction of sp³-hybridized carbons (Fsp3) is 0.769. The Morgan fingerprint density at radius 3 is 2.12 bits per heavy atom. The van der Waals surface area contributed by atoms with Gasteiger partial charge >= 0.3 is 0 Å². The van der Waals surface area contributed by atoms with Crippen molar-refractivity contribution in [2.45, 2.75) is 91.6 Å². The minimum absolute atomic E-state index is 0.581. The molecule has 0 bridgehead atoms. The molecule has 6 nitrogen and oxygen atoms in total. The average Bonchev–Trinajstić information content (AvgIpc) is 3.38. The molecule has 1 aliphatic rings. The Morgan fingerprint density at radius 1 is 0.938 bits per heavy atom. The van der Waals surface area contributed by atoms with Gasteiger partial charge in [0.1, 0.15) is 0 Å². The standard InChI is InChI=1S/C13H23N3.C11H21N3.C2H6/c1-11(2)12-9-14-16(10-12)13-5-4-7-15(3)8-6-13;1-10(2)11-8-12-14(9-11)7-5-6-13(3)4;1-2/h9-11,13H,4-8H2,1-3H3;8-10H,5-7H2,1-4H3;1-2H3. The summed E-state index contributed by atoms with van der Waals surface area (Å²) in [5, 5.41) is 8.86. The molecule has 0 aliphatic carbocycles. The van der Waals surface area contributed by atoms with E-state index in [1.54, 1.807) is 0 Å². The lowest BCUT2D eigenvalue weighted by Crippen LogP contribution is -2.19. The molecule has 1 fully saturated rings. The molecule has 1 unspecified atom stereocenters. The van der Waals surface area contributed by atoms with Gasteiger partial charge in [0.2, 0.25) is 0 Å². The SMILES string of the molecule is CC.CC(C)c1cnn(C2CCCN(C)CC2)c1.CC(C)c1cnn(CCCN(C)C)c1. The van der Waals surface area contributed by atoms with Crippen molar-refractivity contribution in [3.63, 3.8) is 0 Å². The predicted molar refractivity (Wildman–Crippen MR) is 138 cm³/mol. The number of hydrogen-bond acceptors (Lipinski definition) is 4.